The Morgan fingerprint density at radius 2 is 2.00 bits per heavy atom. The molecule has 2 aliphatic rings. The molecule has 0 bridgehead atoms. The summed E-state index contributed by atoms with van der Waals surface area (Å²) in [5.41, 5.74) is -2.11. The minimum Gasteiger partial charge on any atom is -0.502 e. The Morgan fingerprint density at radius 1 is 1.29 bits per heavy atom. The van der Waals surface area contributed by atoms with Crippen LogP contribution in [0.15, 0.2) is 23.0 Å². The number of aromatic hydroxyl groups is 1. The highest BCUT2D eigenvalue weighted by Gasteiger charge is 2.46. The average molecular weight is 434 g/mol. The monoisotopic (exact) mass is 434 g/mol. The number of nitrogens with one attached hydrogen (secondary N) is 1. The van der Waals surface area contributed by atoms with E-state index < -0.39 is 52.5 Å². The number of aliphatic hydroxyl groups excluding tert-OH is 1. The molecule has 1 aromatic heterocycles. The zero-order chi connectivity index (χ0) is 22.6. The number of aliphatic hydroxyl groups is 1. The molecule has 1 aromatic carbocycles. The van der Waals surface area contributed by atoms with Crippen LogP contribution in [-0.2, 0) is 6.54 Å². The van der Waals surface area contributed by atoms with Gasteiger partial charge in [-0.05, 0) is 19.9 Å². The Morgan fingerprint density at radius 3 is 2.65 bits per heavy atom. The number of benzene rings is 1. The molecular weight excluding hydrogens is 414 g/mol. The van der Waals surface area contributed by atoms with Crippen LogP contribution in [0.25, 0.3) is 0 Å². The summed E-state index contributed by atoms with van der Waals surface area (Å²) in [5, 5.41) is 25.0. The molecule has 2 aromatic rings. The van der Waals surface area contributed by atoms with Gasteiger partial charge in [0.2, 0.25) is 5.43 Å². The van der Waals surface area contributed by atoms with Crippen molar-refractivity contribution in [2.24, 2.45) is 0 Å². The smallest absolute Gasteiger partial charge is 0.278 e. The molecule has 2 amide bonds. The largest absolute Gasteiger partial charge is 0.502 e. The first-order valence-electron chi connectivity index (χ1n) is 9.67. The van der Waals surface area contributed by atoms with Gasteiger partial charge in [-0.1, -0.05) is 6.07 Å². The molecule has 0 saturated heterocycles. The second-order valence-corrected chi connectivity index (χ2v) is 7.38. The highest BCUT2D eigenvalue weighted by atomic mass is 19.1. The van der Waals surface area contributed by atoms with E-state index in [4.69, 9.17) is 0 Å². The van der Waals surface area contributed by atoms with Gasteiger partial charge in [-0.15, -0.1) is 0 Å². The average Bonchev–Trinajstić information content (AvgIpc) is 3.05. The standard InChI is InChI=1S/C20H20F2N4O5/c1-3-24-9(2)25-8-13(27)15-14(17(28)18(29)16(20(24)31)26(15)25)19(30)23-7-10-4-5-11(21)6-12(10)22/h4-6,9,13,27,29H,3,7-8H2,1-2H3,(H,23,30). The van der Waals surface area contributed by atoms with Crippen LogP contribution in [0.4, 0.5) is 8.78 Å². The van der Waals surface area contributed by atoms with Gasteiger partial charge < -0.3 is 20.4 Å². The molecule has 2 aliphatic heterocycles. The molecular formula is C20H20F2N4O5. The number of nitrogens with zero attached hydrogens (tertiary/aromatic N) is 3. The number of carbonyl (C=O) groups excluding carboxylic acids is 2. The summed E-state index contributed by atoms with van der Waals surface area (Å²) in [6, 6.07) is 2.84. The SMILES string of the molecule is CCN1C(=O)c2c(O)c(=O)c(C(=O)NCc3ccc(F)cc3F)c3n2N(CC3O)C1C. The Balaban J connectivity index is 1.78. The third-order valence-electron chi connectivity index (χ3n) is 5.66. The van der Waals surface area contributed by atoms with Crippen LogP contribution in [0, 0.1) is 11.6 Å². The van der Waals surface area contributed by atoms with Crippen molar-refractivity contribution in [1.29, 1.82) is 0 Å². The van der Waals surface area contributed by atoms with Crippen molar-refractivity contribution in [2.75, 3.05) is 18.1 Å². The Bertz CT molecular complexity index is 1170. The van der Waals surface area contributed by atoms with Crippen molar-refractivity contribution in [3.63, 3.8) is 0 Å². The molecule has 31 heavy (non-hydrogen) atoms. The van der Waals surface area contributed by atoms with Gasteiger partial charge in [0.05, 0.1) is 12.2 Å². The predicted octanol–water partition coefficient (Wildman–Crippen LogP) is 0.569. The van der Waals surface area contributed by atoms with Gasteiger partial charge in [0.15, 0.2) is 11.4 Å². The molecule has 4 rings (SSSR count). The third-order valence-corrected chi connectivity index (χ3v) is 5.66. The number of aromatic nitrogens is 1. The van der Waals surface area contributed by atoms with E-state index in [1.807, 2.05) is 0 Å². The highest BCUT2D eigenvalue weighted by molar-refractivity contribution is 6.01. The third kappa shape index (κ3) is 3.03. The second-order valence-electron chi connectivity index (χ2n) is 7.38. The number of hydrogen-bond donors (Lipinski definition) is 3. The van der Waals surface area contributed by atoms with Crippen molar-refractivity contribution in [1.82, 2.24) is 14.9 Å². The van der Waals surface area contributed by atoms with Crippen LogP contribution in [-0.4, -0.2) is 50.9 Å². The van der Waals surface area contributed by atoms with Gasteiger partial charge in [0, 0.05) is 24.7 Å². The summed E-state index contributed by atoms with van der Waals surface area (Å²) < 4.78 is 28.1. The van der Waals surface area contributed by atoms with E-state index in [-0.39, 0.29) is 30.0 Å². The van der Waals surface area contributed by atoms with E-state index in [0.29, 0.717) is 12.6 Å². The summed E-state index contributed by atoms with van der Waals surface area (Å²) >= 11 is 0. The Kier molecular flexibility index (Phi) is 4.92. The first-order valence-corrected chi connectivity index (χ1v) is 9.67. The number of rotatable bonds is 4. The van der Waals surface area contributed by atoms with Crippen LogP contribution in [0.3, 0.4) is 0 Å². The van der Waals surface area contributed by atoms with Crippen LogP contribution in [0.5, 0.6) is 5.75 Å². The summed E-state index contributed by atoms with van der Waals surface area (Å²) in [4.78, 5) is 39.9. The van der Waals surface area contributed by atoms with Crippen molar-refractivity contribution < 1.29 is 28.6 Å². The lowest BCUT2D eigenvalue weighted by atomic mass is 10.1. The van der Waals surface area contributed by atoms with Gasteiger partial charge >= 0.3 is 0 Å². The minimum atomic E-state index is -1.28. The Labute approximate surface area is 175 Å². The normalized spacial score (nSPS) is 19.6. The predicted molar refractivity (Wildman–Crippen MR) is 104 cm³/mol. The molecule has 2 unspecified atom stereocenters. The van der Waals surface area contributed by atoms with Crippen LogP contribution in [0.2, 0.25) is 0 Å². The quantitative estimate of drug-likeness (QED) is 0.648. The summed E-state index contributed by atoms with van der Waals surface area (Å²) in [6.07, 6.45) is -1.77. The highest BCUT2D eigenvalue weighted by Crippen LogP contribution is 2.35. The number of halogens is 2. The molecule has 0 fully saturated rings. The number of pyridine rings is 1. The van der Waals surface area contributed by atoms with E-state index in [9.17, 15) is 33.4 Å². The topological polar surface area (TPSA) is 115 Å². The Hall–Kier alpha value is -3.47. The lowest BCUT2D eigenvalue weighted by molar-refractivity contribution is 0.0607. The van der Waals surface area contributed by atoms with Crippen LogP contribution >= 0.6 is 0 Å². The zero-order valence-electron chi connectivity index (χ0n) is 16.7. The van der Waals surface area contributed by atoms with Crippen LogP contribution < -0.4 is 15.8 Å². The summed E-state index contributed by atoms with van der Waals surface area (Å²) in [5.74, 6) is -4.12. The first kappa shape index (κ1) is 20.8. The number of hydrogen-bond acceptors (Lipinski definition) is 6. The molecule has 3 N–H and O–H groups in total. The van der Waals surface area contributed by atoms with E-state index in [0.717, 1.165) is 12.1 Å². The van der Waals surface area contributed by atoms with Gasteiger partial charge in [-0.2, -0.15) is 0 Å². The zero-order valence-corrected chi connectivity index (χ0v) is 16.7. The van der Waals surface area contributed by atoms with Crippen molar-refractivity contribution in [3.8, 4) is 5.75 Å². The summed E-state index contributed by atoms with van der Waals surface area (Å²) in [7, 11) is 0. The fraction of sp³-hybridized carbons (Fsp3) is 0.350. The van der Waals surface area contributed by atoms with Gasteiger partial charge in [0.1, 0.15) is 29.5 Å². The molecule has 0 radical (unpaired) electrons. The fourth-order valence-corrected chi connectivity index (χ4v) is 4.12. The maximum Gasteiger partial charge on any atom is 0.278 e. The van der Waals surface area contributed by atoms with E-state index in [1.54, 1.807) is 18.9 Å². The van der Waals surface area contributed by atoms with Crippen molar-refractivity contribution in [3.05, 3.63) is 62.6 Å². The molecule has 2 atom stereocenters. The lowest BCUT2D eigenvalue weighted by Crippen LogP contribution is -2.59. The number of amides is 2. The van der Waals surface area contributed by atoms with Gasteiger partial charge in [-0.25, -0.2) is 13.5 Å². The second kappa shape index (κ2) is 7.34. The van der Waals surface area contributed by atoms with Gasteiger partial charge in [-0.3, -0.25) is 19.4 Å². The minimum absolute atomic E-state index is 0.00624. The molecule has 11 heteroatoms. The molecule has 0 aliphatic carbocycles. The van der Waals surface area contributed by atoms with Gasteiger partial charge in [0.25, 0.3) is 11.8 Å². The van der Waals surface area contributed by atoms with E-state index in [2.05, 4.69) is 5.32 Å². The summed E-state index contributed by atoms with van der Waals surface area (Å²) in [6.45, 7) is 3.40. The molecule has 0 saturated carbocycles. The first-order chi connectivity index (χ1) is 14.7. The maximum absolute atomic E-state index is 13.9. The lowest BCUT2D eigenvalue weighted by Gasteiger charge is -2.42. The molecule has 164 valence electrons. The maximum atomic E-state index is 13.9. The number of carbonyl (C=O) groups is 2. The van der Waals surface area contributed by atoms with E-state index in [1.165, 1.54) is 9.58 Å². The van der Waals surface area contributed by atoms with Crippen molar-refractivity contribution in [2.45, 2.75) is 32.7 Å². The molecule has 9 nitrogen and oxygen atoms in total. The fourth-order valence-electron chi connectivity index (χ4n) is 4.12. The van der Waals surface area contributed by atoms with Crippen LogP contribution in [0.1, 0.15) is 52.1 Å². The molecule has 3 heterocycles. The molecule has 0 spiro atoms. The van der Waals surface area contributed by atoms with Crippen molar-refractivity contribution >= 4 is 11.8 Å². The van der Waals surface area contributed by atoms with E-state index >= 15 is 0 Å².